The van der Waals surface area contributed by atoms with Crippen molar-refractivity contribution >= 4 is 22.8 Å². The Bertz CT molecular complexity index is 719. The van der Waals surface area contributed by atoms with Gasteiger partial charge in [0.05, 0.1) is 10.6 Å². The molecule has 0 spiro atoms. The van der Waals surface area contributed by atoms with Crippen LogP contribution in [-0.4, -0.2) is 23.3 Å². The third kappa shape index (κ3) is 2.33. The number of nitrogens with one attached hydrogen (secondary N) is 1. The molecule has 0 atom stereocenters. The molecule has 4 rings (SSSR count). The van der Waals surface area contributed by atoms with Gasteiger partial charge >= 0.3 is 16.8 Å². The molecule has 0 fully saturated rings. The predicted octanol–water partition coefficient (Wildman–Crippen LogP) is 2.07. The molecule has 2 aliphatic heterocycles. The molecule has 3 heterocycles. The van der Waals surface area contributed by atoms with Crippen molar-refractivity contribution in [2.45, 2.75) is 6.61 Å². The van der Waals surface area contributed by atoms with Crippen LogP contribution in [0.3, 0.4) is 0 Å². The van der Waals surface area contributed by atoms with Gasteiger partial charge in [-0.3, -0.25) is 10.7 Å². The van der Waals surface area contributed by atoms with Gasteiger partial charge in [0, 0.05) is 11.6 Å². The second-order valence-electron chi connectivity index (χ2n) is 4.15. The molecule has 1 aromatic carbocycles. The van der Waals surface area contributed by atoms with Crippen LogP contribution in [0.2, 0.25) is 0 Å². The van der Waals surface area contributed by atoms with E-state index in [1.807, 2.05) is 17.6 Å². The van der Waals surface area contributed by atoms with E-state index in [1.54, 1.807) is 0 Å². The van der Waals surface area contributed by atoms with E-state index in [-0.39, 0.29) is 23.6 Å². The molecule has 0 bridgehead atoms. The molecule has 1 aromatic heterocycles. The maximum Gasteiger partial charge on any atom is 2.00 e. The summed E-state index contributed by atoms with van der Waals surface area (Å²) in [4.78, 5) is 9.42. The van der Waals surface area contributed by atoms with Crippen molar-refractivity contribution in [1.82, 2.24) is 10.5 Å². The summed E-state index contributed by atoms with van der Waals surface area (Å²) in [7, 11) is 0. The Kier molecular flexibility index (Phi) is 3.72. The quantitative estimate of drug-likeness (QED) is 0.490. The molecule has 2 aliphatic rings. The number of aromatic nitrogens is 1. The van der Waals surface area contributed by atoms with Crippen molar-refractivity contribution in [3.8, 4) is 28.5 Å². The van der Waals surface area contributed by atoms with Gasteiger partial charge in [0.25, 0.3) is 0 Å². The second kappa shape index (κ2) is 5.52. The van der Waals surface area contributed by atoms with Crippen LogP contribution in [0.15, 0.2) is 17.1 Å². The monoisotopic (exact) mass is 350 g/mol. The summed E-state index contributed by atoms with van der Waals surface area (Å²) >= 11 is 1.41. The van der Waals surface area contributed by atoms with Gasteiger partial charge < -0.3 is 14.2 Å². The number of hydrogen-bond acceptors (Lipinski definition) is 7. The fourth-order valence-electron chi connectivity index (χ4n) is 2.16. The van der Waals surface area contributed by atoms with Crippen LogP contribution in [-0.2, 0) is 23.4 Å². The first kappa shape index (κ1) is 14.1. The fraction of sp³-hybridized carbons (Fsp3) is 0.167. The van der Waals surface area contributed by atoms with E-state index in [0.717, 1.165) is 21.9 Å². The molecule has 2 aromatic rings. The van der Waals surface area contributed by atoms with E-state index in [9.17, 15) is 0 Å². The summed E-state index contributed by atoms with van der Waals surface area (Å²) in [5.41, 5.74) is 3.56. The van der Waals surface area contributed by atoms with Crippen molar-refractivity contribution in [3.63, 3.8) is 0 Å². The number of ether oxygens (including phenoxy) is 3. The summed E-state index contributed by atoms with van der Waals surface area (Å²) in [5.74, 6) is 2.10. The number of benzene rings is 1. The van der Waals surface area contributed by atoms with E-state index in [1.165, 1.54) is 17.7 Å². The smallest absolute Gasteiger partial charge is 0.487 e. The zero-order valence-corrected chi connectivity index (χ0v) is 12.3. The molecule has 0 aliphatic carbocycles. The molecule has 0 amide bonds. The first-order chi connectivity index (χ1) is 9.85. The predicted molar refractivity (Wildman–Crippen MR) is 71.1 cm³/mol. The van der Waals surface area contributed by atoms with Crippen molar-refractivity contribution in [2.75, 3.05) is 6.79 Å². The first-order valence-corrected chi connectivity index (χ1v) is 6.65. The summed E-state index contributed by atoms with van der Waals surface area (Å²) in [6.07, 6.45) is 1.17. The first-order valence-electron chi connectivity index (χ1n) is 5.84. The SMILES string of the molecule is ON/C=N\c1nc2c(s1)COc1cc3c(cc1-2)OCO3.[Co+2]. The number of rotatable bonds is 2. The third-order valence-corrected chi connectivity index (χ3v) is 3.94. The second-order valence-corrected chi connectivity index (χ2v) is 5.21. The Morgan fingerprint density at radius 3 is 2.86 bits per heavy atom. The molecule has 109 valence electrons. The van der Waals surface area contributed by atoms with Crippen LogP contribution < -0.4 is 19.7 Å². The summed E-state index contributed by atoms with van der Waals surface area (Å²) in [5, 5.41) is 9.06. The molecule has 2 N–H and O–H groups in total. The van der Waals surface area contributed by atoms with Gasteiger partial charge in [-0.05, 0) is 6.07 Å². The third-order valence-electron chi connectivity index (χ3n) is 3.01. The topological polar surface area (TPSA) is 85.2 Å². The Balaban J connectivity index is 0.00000132. The number of fused-ring (bicyclic) bond motifs is 4. The number of hydroxylamine groups is 1. The number of thiazole rings is 1. The molecule has 21 heavy (non-hydrogen) atoms. The van der Waals surface area contributed by atoms with Gasteiger partial charge in [-0.25, -0.2) is 9.98 Å². The Labute approximate surface area is 133 Å². The zero-order valence-electron chi connectivity index (χ0n) is 10.5. The average molecular weight is 350 g/mol. The number of hydrogen-bond donors (Lipinski definition) is 2. The van der Waals surface area contributed by atoms with Crippen molar-refractivity contribution in [3.05, 3.63) is 17.0 Å². The maximum atomic E-state index is 8.52. The van der Waals surface area contributed by atoms with E-state index >= 15 is 0 Å². The van der Waals surface area contributed by atoms with Gasteiger partial charge in [0.1, 0.15) is 18.7 Å². The van der Waals surface area contributed by atoms with Crippen molar-refractivity contribution in [2.24, 2.45) is 4.99 Å². The van der Waals surface area contributed by atoms with Crippen LogP contribution in [0.5, 0.6) is 17.2 Å². The molecular formula is C12H9CoN3O4S+2. The van der Waals surface area contributed by atoms with E-state index in [2.05, 4.69) is 9.98 Å². The van der Waals surface area contributed by atoms with Gasteiger partial charge in [-0.2, -0.15) is 0 Å². The minimum absolute atomic E-state index is 0. The van der Waals surface area contributed by atoms with E-state index in [0.29, 0.717) is 23.2 Å². The summed E-state index contributed by atoms with van der Waals surface area (Å²) in [6, 6.07) is 3.69. The number of nitrogens with zero attached hydrogens (tertiary/aromatic N) is 2. The van der Waals surface area contributed by atoms with Gasteiger partial charge in [-0.1, -0.05) is 11.3 Å². The fourth-order valence-corrected chi connectivity index (χ4v) is 2.99. The average Bonchev–Trinajstić information content (AvgIpc) is 3.08. The van der Waals surface area contributed by atoms with Gasteiger partial charge in [0.2, 0.25) is 11.9 Å². The molecule has 1 radical (unpaired) electrons. The van der Waals surface area contributed by atoms with Crippen molar-refractivity contribution in [1.29, 1.82) is 0 Å². The van der Waals surface area contributed by atoms with Crippen LogP contribution in [0.1, 0.15) is 4.88 Å². The number of aliphatic imine (C=N–C) groups is 1. The largest absolute Gasteiger partial charge is 2.00 e. The van der Waals surface area contributed by atoms with E-state index in [4.69, 9.17) is 19.4 Å². The Hall–Kier alpha value is -1.81. The minimum Gasteiger partial charge on any atom is -0.487 e. The van der Waals surface area contributed by atoms with Crippen molar-refractivity contribution < 1.29 is 36.2 Å². The maximum absolute atomic E-state index is 8.52. The molecule has 7 nitrogen and oxygen atoms in total. The van der Waals surface area contributed by atoms with Crippen LogP contribution in [0.4, 0.5) is 5.13 Å². The summed E-state index contributed by atoms with van der Waals surface area (Å²) < 4.78 is 16.4. The van der Waals surface area contributed by atoms with Crippen LogP contribution >= 0.6 is 11.3 Å². The van der Waals surface area contributed by atoms with Crippen LogP contribution in [0.25, 0.3) is 11.3 Å². The minimum atomic E-state index is 0. The standard InChI is InChI=1S/C12H9N3O4S.Co/c16-14-4-13-12-15-11-6-1-8-9(19-5-18-8)2-7(6)17-3-10(11)20-12;/h1-2,4,16H,3,5H2,(H,13,14,15);/q;+2. The molecule has 0 saturated heterocycles. The molecule has 0 saturated carbocycles. The molecule has 9 heteroatoms. The zero-order chi connectivity index (χ0) is 13.5. The normalized spacial score (nSPS) is 14.1. The van der Waals surface area contributed by atoms with E-state index < -0.39 is 0 Å². The Morgan fingerprint density at radius 1 is 1.24 bits per heavy atom. The molecular weight excluding hydrogens is 341 g/mol. The van der Waals surface area contributed by atoms with Gasteiger partial charge in [-0.15, -0.1) is 0 Å². The Morgan fingerprint density at radius 2 is 2.05 bits per heavy atom. The summed E-state index contributed by atoms with van der Waals surface area (Å²) in [6.45, 7) is 0.668. The van der Waals surface area contributed by atoms with Gasteiger partial charge in [0.15, 0.2) is 11.5 Å². The van der Waals surface area contributed by atoms with Crippen LogP contribution in [0, 0.1) is 0 Å². The molecule has 0 unspecified atom stereocenters.